The Morgan fingerprint density at radius 3 is 2.41 bits per heavy atom. The van der Waals surface area contributed by atoms with E-state index in [-0.39, 0.29) is 28.0 Å². The minimum atomic E-state index is -4.75. The van der Waals surface area contributed by atoms with Crippen LogP contribution in [-0.4, -0.2) is 24.0 Å². The van der Waals surface area contributed by atoms with Crippen LogP contribution in [0.4, 0.5) is 13.2 Å². The number of aryl methyl sites for hydroxylation is 1. The summed E-state index contributed by atoms with van der Waals surface area (Å²) in [6.07, 6.45) is -4.75. The molecule has 0 aliphatic heterocycles. The minimum absolute atomic E-state index is 0.0199. The zero-order valence-electron chi connectivity index (χ0n) is 15.4. The van der Waals surface area contributed by atoms with Crippen molar-refractivity contribution in [3.8, 4) is 5.75 Å². The highest BCUT2D eigenvalue weighted by atomic mass is 19.4. The quantitative estimate of drug-likeness (QED) is 0.402. The molecule has 0 unspecified atom stereocenters. The Morgan fingerprint density at radius 1 is 1.10 bits per heavy atom. The second-order valence-electron chi connectivity index (χ2n) is 6.14. The van der Waals surface area contributed by atoms with Gasteiger partial charge in [-0.2, -0.15) is 13.2 Å². The molecule has 0 amide bonds. The van der Waals surface area contributed by atoms with Gasteiger partial charge in [0.05, 0.1) is 18.2 Å². The van der Waals surface area contributed by atoms with Gasteiger partial charge in [0.15, 0.2) is 0 Å². The number of fused-ring (bicyclic) bond motifs is 1. The summed E-state index contributed by atoms with van der Waals surface area (Å²) in [6.45, 7) is 3.08. The number of hydrogen-bond donors (Lipinski definition) is 1. The third-order valence-electron chi connectivity index (χ3n) is 4.26. The van der Waals surface area contributed by atoms with Crippen molar-refractivity contribution in [2.75, 3.05) is 7.11 Å². The van der Waals surface area contributed by atoms with Crippen molar-refractivity contribution in [3.05, 3.63) is 62.8 Å². The fraction of sp³-hybridized carbons (Fsp3) is 0.211. The molecule has 0 aliphatic carbocycles. The molecular formula is C19H14F3NO6. The molecule has 0 saturated heterocycles. The molecule has 7 nitrogen and oxygen atoms in total. The molecule has 29 heavy (non-hydrogen) atoms. The first kappa shape index (κ1) is 20.2. The van der Waals surface area contributed by atoms with E-state index in [4.69, 9.17) is 9.15 Å². The number of carbonyl (C=O) groups is 2. The molecule has 3 aromatic rings. The molecular weight excluding hydrogens is 395 g/mol. The number of H-pyrrole nitrogens is 1. The van der Waals surface area contributed by atoms with Crippen molar-refractivity contribution >= 4 is 22.9 Å². The van der Waals surface area contributed by atoms with Crippen LogP contribution in [0, 0.1) is 13.8 Å². The average molecular weight is 409 g/mol. The number of nitrogens with one attached hydrogen (secondary N) is 1. The van der Waals surface area contributed by atoms with Crippen molar-refractivity contribution in [2.45, 2.75) is 20.0 Å². The number of rotatable bonds is 3. The maximum atomic E-state index is 13.1. The second-order valence-corrected chi connectivity index (χ2v) is 6.14. The second kappa shape index (κ2) is 7.12. The van der Waals surface area contributed by atoms with E-state index in [9.17, 15) is 27.6 Å². The van der Waals surface area contributed by atoms with E-state index in [2.05, 4.69) is 9.72 Å². The van der Waals surface area contributed by atoms with E-state index in [0.717, 1.165) is 18.2 Å². The number of ether oxygens (including phenoxy) is 2. The summed E-state index contributed by atoms with van der Waals surface area (Å²) >= 11 is 0. The summed E-state index contributed by atoms with van der Waals surface area (Å²) in [5.41, 5.74) is -1.88. The summed E-state index contributed by atoms with van der Waals surface area (Å²) in [4.78, 5) is 38.5. The van der Waals surface area contributed by atoms with Crippen LogP contribution in [0.25, 0.3) is 11.0 Å². The Labute approximate surface area is 161 Å². The summed E-state index contributed by atoms with van der Waals surface area (Å²) < 4.78 is 53.9. The van der Waals surface area contributed by atoms with Crippen LogP contribution in [0.3, 0.4) is 0 Å². The lowest BCUT2D eigenvalue weighted by Crippen LogP contribution is -2.12. The SMILES string of the molecule is COC(=O)c1c(C)[nH]c(C(=O)Oc2ccc3c(C(F)(F)F)cc(=O)oc3c2)c1C. The van der Waals surface area contributed by atoms with Crippen LogP contribution in [0.5, 0.6) is 5.75 Å². The number of aromatic nitrogens is 1. The van der Waals surface area contributed by atoms with Crippen LogP contribution >= 0.6 is 0 Å². The van der Waals surface area contributed by atoms with E-state index in [1.165, 1.54) is 14.0 Å². The Kier molecular flexibility index (Phi) is 4.95. The summed E-state index contributed by atoms with van der Waals surface area (Å²) in [5, 5.41) is -0.350. The normalized spacial score (nSPS) is 11.5. The molecule has 2 aromatic heterocycles. The molecule has 1 N–H and O–H groups in total. The highest BCUT2D eigenvalue weighted by molar-refractivity contribution is 5.99. The van der Waals surface area contributed by atoms with Gasteiger partial charge in [0.1, 0.15) is 17.0 Å². The zero-order chi connectivity index (χ0) is 21.5. The Morgan fingerprint density at radius 2 is 1.79 bits per heavy atom. The number of hydrogen-bond acceptors (Lipinski definition) is 6. The molecule has 0 atom stereocenters. The van der Waals surface area contributed by atoms with E-state index >= 15 is 0 Å². The number of halogens is 3. The third kappa shape index (κ3) is 3.73. The lowest BCUT2D eigenvalue weighted by molar-refractivity contribution is -0.136. The number of methoxy groups -OCH3 is 1. The molecule has 2 heterocycles. The molecule has 0 fully saturated rings. The molecule has 10 heteroatoms. The van der Waals surface area contributed by atoms with Crippen molar-refractivity contribution in [3.63, 3.8) is 0 Å². The summed E-state index contributed by atoms with van der Waals surface area (Å²) in [7, 11) is 1.20. The van der Waals surface area contributed by atoms with E-state index < -0.39 is 29.3 Å². The van der Waals surface area contributed by atoms with Crippen LogP contribution in [0.2, 0.25) is 0 Å². The van der Waals surface area contributed by atoms with Gasteiger partial charge in [0, 0.05) is 23.2 Å². The largest absolute Gasteiger partial charge is 0.465 e. The van der Waals surface area contributed by atoms with Gasteiger partial charge in [-0.1, -0.05) is 0 Å². The standard InChI is InChI=1S/C19H14F3NO6/c1-8-15(17(25)27-3)9(2)23-16(8)18(26)28-10-4-5-11-12(19(20,21)22)7-14(24)29-13(11)6-10/h4-7,23H,1-3H3. The fourth-order valence-corrected chi connectivity index (χ4v) is 2.96. The third-order valence-corrected chi connectivity index (χ3v) is 4.26. The molecule has 152 valence electrons. The maximum Gasteiger partial charge on any atom is 0.417 e. The topological polar surface area (TPSA) is 98.6 Å². The lowest BCUT2D eigenvalue weighted by atomic mass is 10.1. The highest BCUT2D eigenvalue weighted by Gasteiger charge is 2.34. The van der Waals surface area contributed by atoms with Crippen LogP contribution in [-0.2, 0) is 10.9 Å². The van der Waals surface area contributed by atoms with Gasteiger partial charge < -0.3 is 18.9 Å². The molecule has 0 radical (unpaired) electrons. The molecule has 1 aromatic carbocycles. The average Bonchev–Trinajstić information content (AvgIpc) is 2.93. The van der Waals surface area contributed by atoms with E-state index in [0.29, 0.717) is 17.3 Å². The Hall–Kier alpha value is -3.56. The van der Waals surface area contributed by atoms with Crippen molar-refractivity contribution in [1.29, 1.82) is 0 Å². The molecule has 0 saturated carbocycles. The van der Waals surface area contributed by atoms with E-state index in [1.54, 1.807) is 6.92 Å². The highest BCUT2D eigenvalue weighted by Crippen LogP contribution is 2.35. The van der Waals surface area contributed by atoms with Gasteiger partial charge in [-0.25, -0.2) is 14.4 Å². The smallest absolute Gasteiger partial charge is 0.417 e. The predicted molar refractivity (Wildman–Crippen MR) is 94.1 cm³/mol. The first-order chi connectivity index (χ1) is 13.5. The van der Waals surface area contributed by atoms with Crippen molar-refractivity contribution in [1.82, 2.24) is 4.98 Å². The van der Waals surface area contributed by atoms with Crippen molar-refractivity contribution in [2.24, 2.45) is 0 Å². The number of carbonyl (C=O) groups excluding carboxylic acids is 2. The summed E-state index contributed by atoms with van der Waals surface area (Å²) in [6, 6.07) is 3.54. The van der Waals surface area contributed by atoms with Gasteiger partial charge in [0.25, 0.3) is 0 Å². The van der Waals surface area contributed by atoms with Crippen LogP contribution in [0.15, 0.2) is 33.5 Å². The van der Waals surface area contributed by atoms with Crippen molar-refractivity contribution < 1.29 is 36.7 Å². The van der Waals surface area contributed by atoms with Crippen LogP contribution in [0.1, 0.15) is 37.7 Å². The van der Waals surface area contributed by atoms with Gasteiger partial charge in [-0.15, -0.1) is 0 Å². The lowest BCUT2D eigenvalue weighted by Gasteiger charge is -2.10. The van der Waals surface area contributed by atoms with Gasteiger partial charge in [0.2, 0.25) is 0 Å². The first-order valence-electron chi connectivity index (χ1n) is 8.17. The number of alkyl halides is 3. The fourth-order valence-electron chi connectivity index (χ4n) is 2.96. The van der Waals surface area contributed by atoms with Crippen LogP contribution < -0.4 is 10.4 Å². The first-order valence-corrected chi connectivity index (χ1v) is 8.17. The zero-order valence-corrected chi connectivity index (χ0v) is 15.4. The summed E-state index contributed by atoms with van der Waals surface area (Å²) in [5.74, 6) is -1.66. The number of aromatic amines is 1. The number of esters is 2. The Bertz CT molecular complexity index is 1190. The van der Waals surface area contributed by atoms with E-state index in [1.807, 2.05) is 0 Å². The number of benzene rings is 1. The Balaban J connectivity index is 1.98. The van der Waals surface area contributed by atoms with Gasteiger partial charge in [-0.05, 0) is 31.5 Å². The molecule has 0 spiro atoms. The van der Waals surface area contributed by atoms with Gasteiger partial charge in [-0.3, -0.25) is 0 Å². The maximum absolute atomic E-state index is 13.1. The minimum Gasteiger partial charge on any atom is -0.465 e. The molecule has 0 aliphatic rings. The molecule has 0 bridgehead atoms. The predicted octanol–water partition coefficient (Wildman–Crippen LogP) is 3.76. The monoisotopic (exact) mass is 409 g/mol. The molecule has 3 rings (SSSR count). The van der Waals surface area contributed by atoms with Gasteiger partial charge >= 0.3 is 23.7 Å².